The lowest BCUT2D eigenvalue weighted by Crippen LogP contribution is -2.44. The quantitative estimate of drug-likeness (QED) is 0.643. The Morgan fingerprint density at radius 1 is 1.44 bits per heavy atom. The molecule has 0 unspecified atom stereocenters. The molecule has 4 heteroatoms. The van der Waals surface area contributed by atoms with Crippen molar-refractivity contribution in [3.8, 4) is 0 Å². The van der Waals surface area contributed by atoms with Crippen molar-refractivity contribution in [2.24, 2.45) is 0 Å². The smallest absolute Gasteiger partial charge is 0.129 e. The first-order valence-corrected chi connectivity index (χ1v) is 5.88. The van der Waals surface area contributed by atoms with Crippen LogP contribution in [0.4, 0.5) is 0 Å². The molecule has 0 spiro atoms. The molecule has 86 valence electrons. The van der Waals surface area contributed by atoms with Crippen LogP contribution < -0.4 is 5.32 Å². The van der Waals surface area contributed by atoms with E-state index in [0.717, 1.165) is 31.7 Å². The highest BCUT2D eigenvalue weighted by Gasteiger charge is 2.19. The largest absolute Gasteiger partial charge is 0.314 e. The van der Waals surface area contributed by atoms with Crippen molar-refractivity contribution < 1.29 is 0 Å². The predicted octanol–water partition coefficient (Wildman–Crippen LogP) is 1.87. The lowest BCUT2D eigenvalue weighted by molar-refractivity contribution is 0.203. The molecule has 0 aliphatic carbocycles. The van der Waals surface area contributed by atoms with Gasteiger partial charge in [-0.1, -0.05) is 23.7 Å². The summed E-state index contributed by atoms with van der Waals surface area (Å²) in [6.07, 6.45) is 3.80. The summed E-state index contributed by atoms with van der Waals surface area (Å²) in [6.45, 7) is 8.06. The number of halogens is 1. The van der Waals surface area contributed by atoms with Gasteiger partial charge in [-0.15, -0.1) is 6.58 Å². The molecule has 2 rings (SSSR count). The molecule has 0 radical (unpaired) electrons. The van der Waals surface area contributed by atoms with Gasteiger partial charge in [0.15, 0.2) is 0 Å². The third kappa shape index (κ3) is 2.61. The van der Waals surface area contributed by atoms with Crippen LogP contribution in [-0.4, -0.2) is 36.1 Å². The zero-order valence-electron chi connectivity index (χ0n) is 9.19. The summed E-state index contributed by atoms with van der Waals surface area (Å²) in [5.41, 5.74) is 1.15. The standard InChI is InChI=1S/C12H16ClN3/c1-2-11(16-7-5-14-6-8-16)10-3-4-12(13)15-9-10/h2-4,9,11,14H,1,5-8H2/t11-/m1/s1. The predicted molar refractivity (Wildman–Crippen MR) is 66.6 cm³/mol. The van der Waals surface area contributed by atoms with Gasteiger partial charge in [-0.25, -0.2) is 4.98 Å². The maximum atomic E-state index is 5.78. The van der Waals surface area contributed by atoms with Crippen LogP contribution in [0.25, 0.3) is 0 Å². The average Bonchev–Trinajstić information content (AvgIpc) is 2.34. The van der Waals surface area contributed by atoms with Crippen molar-refractivity contribution in [1.82, 2.24) is 15.2 Å². The number of hydrogen-bond acceptors (Lipinski definition) is 3. The topological polar surface area (TPSA) is 28.2 Å². The van der Waals surface area contributed by atoms with Gasteiger partial charge >= 0.3 is 0 Å². The second-order valence-corrected chi connectivity index (χ2v) is 4.27. The van der Waals surface area contributed by atoms with E-state index in [0.29, 0.717) is 5.15 Å². The molecule has 0 bridgehead atoms. The number of nitrogens with zero attached hydrogens (tertiary/aromatic N) is 2. The number of rotatable bonds is 3. The van der Waals surface area contributed by atoms with E-state index in [4.69, 9.17) is 11.6 Å². The average molecular weight is 238 g/mol. The van der Waals surface area contributed by atoms with Gasteiger partial charge in [0.2, 0.25) is 0 Å². The van der Waals surface area contributed by atoms with Crippen LogP contribution in [0, 0.1) is 0 Å². The summed E-state index contributed by atoms with van der Waals surface area (Å²) < 4.78 is 0. The second kappa shape index (κ2) is 5.43. The Hall–Kier alpha value is -0.900. The van der Waals surface area contributed by atoms with Crippen molar-refractivity contribution in [2.75, 3.05) is 26.2 Å². The third-order valence-corrected chi connectivity index (χ3v) is 3.08. The van der Waals surface area contributed by atoms with Crippen molar-refractivity contribution in [2.45, 2.75) is 6.04 Å². The summed E-state index contributed by atoms with van der Waals surface area (Å²) in [4.78, 5) is 6.52. The Morgan fingerprint density at radius 3 is 2.75 bits per heavy atom. The van der Waals surface area contributed by atoms with Gasteiger partial charge in [-0.2, -0.15) is 0 Å². The molecule has 16 heavy (non-hydrogen) atoms. The van der Waals surface area contributed by atoms with Gasteiger partial charge in [0.25, 0.3) is 0 Å². The molecule has 0 amide bonds. The molecule has 1 N–H and O–H groups in total. The number of hydrogen-bond donors (Lipinski definition) is 1. The van der Waals surface area contributed by atoms with Gasteiger partial charge in [0, 0.05) is 32.4 Å². The van der Waals surface area contributed by atoms with Gasteiger partial charge in [0.05, 0.1) is 6.04 Å². The summed E-state index contributed by atoms with van der Waals surface area (Å²) in [7, 11) is 0. The molecular weight excluding hydrogens is 222 g/mol. The van der Waals surface area contributed by atoms with Crippen molar-refractivity contribution in [3.63, 3.8) is 0 Å². The first-order chi connectivity index (χ1) is 7.81. The Bertz CT molecular complexity index is 344. The van der Waals surface area contributed by atoms with Crippen LogP contribution in [0.5, 0.6) is 0 Å². The number of nitrogens with one attached hydrogen (secondary N) is 1. The molecule has 1 aromatic heterocycles. The molecule has 1 aliphatic rings. The maximum Gasteiger partial charge on any atom is 0.129 e. The molecule has 1 fully saturated rings. The Kier molecular flexibility index (Phi) is 3.93. The van der Waals surface area contributed by atoms with E-state index in [1.165, 1.54) is 0 Å². The third-order valence-electron chi connectivity index (χ3n) is 2.86. The number of piperazine rings is 1. The Balaban J connectivity index is 2.14. The second-order valence-electron chi connectivity index (χ2n) is 3.88. The van der Waals surface area contributed by atoms with Gasteiger partial charge in [-0.05, 0) is 11.6 Å². The minimum absolute atomic E-state index is 0.242. The molecular formula is C12H16ClN3. The fourth-order valence-electron chi connectivity index (χ4n) is 2.02. The molecule has 2 heterocycles. The monoisotopic (exact) mass is 237 g/mol. The zero-order valence-corrected chi connectivity index (χ0v) is 9.95. The van der Waals surface area contributed by atoms with Crippen LogP contribution >= 0.6 is 11.6 Å². The molecule has 1 atom stereocenters. The molecule has 0 saturated carbocycles. The highest BCUT2D eigenvalue weighted by molar-refractivity contribution is 6.29. The summed E-state index contributed by atoms with van der Waals surface area (Å²) in [5.74, 6) is 0. The maximum absolute atomic E-state index is 5.78. The molecule has 0 aromatic carbocycles. The van der Waals surface area contributed by atoms with Crippen LogP contribution in [-0.2, 0) is 0 Å². The van der Waals surface area contributed by atoms with Crippen LogP contribution in [0.15, 0.2) is 31.0 Å². The Labute approximate surface area is 101 Å². The Morgan fingerprint density at radius 2 is 2.19 bits per heavy atom. The van der Waals surface area contributed by atoms with Crippen molar-refractivity contribution in [1.29, 1.82) is 0 Å². The normalized spacial score (nSPS) is 19.3. The molecule has 1 aliphatic heterocycles. The van der Waals surface area contributed by atoms with Crippen LogP contribution in [0.2, 0.25) is 5.15 Å². The summed E-state index contributed by atoms with van der Waals surface area (Å²) in [6, 6.07) is 4.09. The first-order valence-electron chi connectivity index (χ1n) is 5.50. The highest BCUT2D eigenvalue weighted by atomic mass is 35.5. The van der Waals surface area contributed by atoms with Crippen molar-refractivity contribution in [3.05, 3.63) is 41.7 Å². The summed E-state index contributed by atoms with van der Waals surface area (Å²) >= 11 is 5.78. The number of pyridine rings is 1. The fourth-order valence-corrected chi connectivity index (χ4v) is 2.13. The fraction of sp³-hybridized carbons (Fsp3) is 0.417. The first kappa shape index (κ1) is 11.6. The van der Waals surface area contributed by atoms with Gasteiger partial charge in [0.1, 0.15) is 5.15 Å². The highest BCUT2D eigenvalue weighted by Crippen LogP contribution is 2.22. The van der Waals surface area contributed by atoms with E-state index in [9.17, 15) is 0 Å². The van der Waals surface area contributed by atoms with E-state index < -0.39 is 0 Å². The molecule has 1 saturated heterocycles. The number of aromatic nitrogens is 1. The summed E-state index contributed by atoms with van der Waals surface area (Å²) in [5, 5.41) is 3.88. The van der Waals surface area contributed by atoms with E-state index in [1.807, 2.05) is 24.4 Å². The van der Waals surface area contributed by atoms with Crippen LogP contribution in [0.3, 0.4) is 0 Å². The zero-order chi connectivity index (χ0) is 11.4. The minimum Gasteiger partial charge on any atom is -0.314 e. The molecule has 1 aromatic rings. The van der Waals surface area contributed by atoms with E-state index in [1.54, 1.807) is 0 Å². The minimum atomic E-state index is 0.242. The van der Waals surface area contributed by atoms with Crippen molar-refractivity contribution >= 4 is 11.6 Å². The van der Waals surface area contributed by atoms with E-state index in [-0.39, 0.29) is 6.04 Å². The van der Waals surface area contributed by atoms with Gasteiger partial charge in [-0.3, -0.25) is 4.90 Å². The van der Waals surface area contributed by atoms with Crippen LogP contribution in [0.1, 0.15) is 11.6 Å². The lowest BCUT2D eigenvalue weighted by atomic mass is 10.1. The van der Waals surface area contributed by atoms with E-state index >= 15 is 0 Å². The lowest BCUT2D eigenvalue weighted by Gasteiger charge is -2.33. The van der Waals surface area contributed by atoms with E-state index in [2.05, 4.69) is 21.8 Å². The molecule has 3 nitrogen and oxygen atoms in total. The van der Waals surface area contributed by atoms with Gasteiger partial charge < -0.3 is 5.32 Å². The SMILES string of the molecule is C=C[C@H](c1ccc(Cl)nc1)N1CCNCC1.